The molecule has 1 atom stereocenters. The molecule has 1 unspecified atom stereocenters. The quantitative estimate of drug-likeness (QED) is 0.607. The Balaban J connectivity index is 1.67. The number of carboxylic acid groups (broad SMARTS) is 1. The van der Waals surface area contributed by atoms with Gasteiger partial charge in [-0.05, 0) is 37.5 Å². The van der Waals surface area contributed by atoms with E-state index in [1.807, 2.05) is 25.1 Å². The molecule has 1 aromatic carbocycles. The van der Waals surface area contributed by atoms with E-state index in [2.05, 4.69) is 15.1 Å². The molecule has 9 nitrogen and oxygen atoms in total. The van der Waals surface area contributed by atoms with Gasteiger partial charge in [0.05, 0.1) is 11.9 Å². The zero-order valence-electron chi connectivity index (χ0n) is 17.4. The molecule has 1 amide bonds. The van der Waals surface area contributed by atoms with Crippen LogP contribution in [0.2, 0.25) is 0 Å². The number of amides is 1. The third-order valence-corrected chi connectivity index (χ3v) is 5.59. The van der Waals surface area contributed by atoms with Crippen LogP contribution < -0.4 is 0 Å². The van der Waals surface area contributed by atoms with Crippen LogP contribution in [0, 0.1) is 6.92 Å². The molecule has 9 heteroatoms. The summed E-state index contributed by atoms with van der Waals surface area (Å²) in [7, 11) is 0. The molecule has 1 fully saturated rings. The lowest BCUT2D eigenvalue weighted by Gasteiger charge is -2.23. The maximum Gasteiger partial charge on any atom is 0.305 e. The number of likely N-dealkylation sites (tertiary alicyclic amines) is 1. The maximum absolute atomic E-state index is 12.9. The molecule has 0 aliphatic carbocycles. The molecular formula is C22H23N5O4. The van der Waals surface area contributed by atoms with Crippen molar-refractivity contribution in [1.82, 2.24) is 24.6 Å². The standard InChI is InChI=1S/C22H23N5O4/c1-13(28)22-18-8-15(16-10-23-14(2)24-11-16)5-6-19(18)27(25-22)12-20(29)26-7-3-4-17(26)9-21(30)31/h5-6,8,10-11,17H,3-4,7,9,12H2,1-2H3,(H,30,31). The molecule has 1 N–H and O–H groups in total. The van der Waals surface area contributed by atoms with Gasteiger partial charge in [-0.25, -0.2) is 9.97 Å². The Bertz CT molecular complexity index is 1170. The number of carbonyl (C=O) groups excluding carboxylic acids is 2. The smallest absolute Gasteiger partial charge is 0.305 e. The first kappa shape index (κ1) is 20.6. The number of carbonyl (C=O) groups is 3. The molecule has 1 saturated heterocycles. The van der Waals surface area contributed by atoms with Crippen LogP contribution >= 0.6 is 0 Å². The minimum atomic E-state index is -0.916. The molecule has 0 saturated carbocycles. The van der Waals surface area contributed by atoms with Crippen molar-refractivity contribution >= 4 is 28.6 Å². The Morgan fingerprint density at radius 3 is 2.58 bits per heavy atom. The molecule has 0 bridgehead atoms. The molecule has 3 heterocycles. The van der Waals surface area contributed by atoms with Crippen LogP contribution in [-0.4, -0.2) is 60.0 Å². The molecule has 3 aromatic rings. The lowest BCUT2D eigenvalue weighted by atomic mass is 10.0. The van der Waals surface area contributed by atoms with Crippen molar-refractivity contribution in [2.45, 2.75) is 45.7 Å². The lowest BCUT2D eigenvalue weighted by molar-refractivity contribution is -0.140. The van der Waals surface area contributed by atoms with Gasteiger partial charge < -0.3 is 10.0 Å². The Kier molecular flexibility index (Phi) is 5.50. The topological polar surface area (TPSA) is 118 Å². The van der Waals surface area contributed by atoms with Crippen LogP contribution in [0.1, 0.15) is 42.5 Å². The molecule has 0 spiro atoms. The van der Waals surface area contributed by atoms with Gasteiger partial charge in [0.15, 0.2) is 5.78 Å². The predicted molar refractivity (Wildman–Crippen MR) is 112 cm³/mol. The van der Waals surface area contributed by atoms with Crippen LogP contribution in [0.3, 0.4) is 0 Å². The number of ketones is 1. The van der Waals surface area contributed by atoms with E-state index < -0.39 is 5.97 Å². The Morgan fingerprint density at radius 2 is 1.90 bits per heavy atom. The first-order valence-corrected chi connectivity index (χ1v) is 10.2. The van der Waals surface area contributed by atoms with Crippen molar-refractivity contribution in [2.24, 2.45) is 0 Å². The van der Waals surface area contributed by atoms with Crippen LogP contribution in [0.5, 0.6) is 0 Å². The average Bonchev–Trinajstić information content (AvgIpc) is 3.32. The van der Waals surface area contributed by atoms with E-state index in [0.29, 0.717) is 35.4 Å². The number of hydrogen-bond acceptors (Lipinski definition) is 6. The van der Waals surface area contributed by atoms with Crippen molar-refractivity contribution in [2.75, 3.05) is 6.54 Å². The fourth-order valence-corrected chi connectivity index (χ4v) is 4.08. The highest BCUT2D eigenvalue weighted by molar-refractivity contribution is 6.06. The van der Waals surface area contributed by atoms with E-state index in [-0.39, 0.29) is 30.7 Å². The normalized spacial score (nSPS) is 16.1. The second-order valence-corrected chi connectivity index (χ2v) is 7.79. The van der Waals surface area contributed by atoms with Crippen LogP contribution in [0.25, 0.3) is 22.0 Å². The number of fused-ring (bicyclic) bond motifs is 1. The predicted octanol–water partition coefficient (Wildman–Crippen LogP) is 2.47. The highest BCUT2D eigenvalue weighted by Crippen LogP contribution is 2.27. The van der Waals surface area contributed by atoms with Crippen LogP contribution in [-0.2, 0) is 16.1 Å². The fraction of sp³-hybridized carbons (Fsp3) is 0.364. The summed E-state index contributed by atoms with van der Waals surface area (Å²) in [5.74, 6) is -0.637. The molecule has 160 valence electrons. The van der Waals surface area contributed by atoms with Gasteiger partial charge in [0, 0.05) is 42.9 Å². The van der Waals surface area contributed by atoms with Gasteiger partial charge in [-0.3, -0.25) is 19.1 Å². The van der Waals surface area contributed by atoms with Crippen LogP contribution in [0.4, 0.5) is 0 Å². The first-order chi connectivity index (χ1) is 14.8. The summed E-state index contributed by atoms with van der Waals surface area (Å²) < 4.78 is 1.53. The zero-order valence-corrected chi connectivity index (χ0v) is 17.4. The van der Waals surface area contributed by atoms with E-state index in [4.69, 9.17) is 5.11 Å². The van der Waals surface area contributed by atoms with Gasteiger partial charge in [0.25, 0.3) is 0 Å². The number of Topliss-reactive ketones (excluding diaryl/α,β-unsaturated/α-hetero) is 1. The van der Waals surface area contributed by atoms with Gasteiger partial charge in [-0.15, -0.1) is 0 Å². The summed E-state index contributed by atoms with van der Waals surface area (Å²) in [5.41, 5.74) is 2.63. The third kappa shape index (κ3) is 4.16. The summed E-state index contributed by atoms with van der Waals surface area (Å²) in [6.45, 7) is 3.74. The van der Waals surface area contributed by atoms with Gasteiger partial charge in [0.2, 0.25) is 5.91 Å². The monoisotopic (exact) mass is 421 g/mol. The van der Waals surface area contributed by atoms with E-state index in [0.717, 1.165) is 17.5 Å². The average molecular weight is 421 g/mol. The Morgan fingerprint density at radius 1 is 1.16 bits per heavy atom. The van der Waals surface area contributed by atoms with Crippen molar-refractivity contribution < 1.29 is 19.5 Å². The second-order valence-electron chi connectivity index (χ2n) is 7.79. The number of benzene rings is 1. The number of aryl methyl sites for hydroxylation is 1. The highest BCUT2D eigenvalue weighted by atomic mass is 16.4. The SMILES string of the molecule is CC(=O)c1nn(CC(=O)N2CCCC2CC(=O)O)c2ccc(-c3cnc(C)nc3)cc12. The van der Waals surface area contributed by atoms with Crippen molar-refractivity contribution in [3.63, 3.8) is 0 Å². The van der Waals surface area contributed by atoms with E-state index in [1.165, 1.54) is 11.6 Å². The molecule has 1 aliphatic heterocycles. The molecule has 2 aromatic heterocycles. The van der Waals surface area contributed by atoms with Crippen LogP contribution in [0.15, 0.2) is 30.6 Å². The number of aliphatic carboxylic acids is 1. The van der Waals surface area contributed by atoms with Gasteiger partial charge in [-0.1, -0.05) is 6.07 Å². The minimum absolute atomic E-state index is 0.0487. The third-order valence-electron chi connectivity index (χ3n) is 5.59. The largest absolute Gasteiger partial charge is 0.481 e. The fourth-order valence-electron chi connectivity index (χ4n) is 4.08. The summed E-state index contributed by atoms with van der Waals surface area (Å²) >= 11 is 0. The molecular weight excluding hydrogens is 398 g/mol. The molecule has 31 heavy (non-hydrogen) atoms. The number of aromatic nitrogens is 4. The maximum atomic E-state index is 12.9. The summed E-state index contributed by atoms with van der Waals surface area (Å²) in [4.78, 5) is 46.3. The summed E-state index contributed by atoms with van der Waals surface area (Å²) in [6.07, 6.45) is 4.84. The number of rotatable bonds is 6. The summed E-state index contributed by atoms with van der Waals surface area (Å²) in [5, 5.41) is 14.2. The second kappa shape index (κ2) is 8.25. The van der Waals surface area contributed by atoms with Gasteiger partial charge in [0.1, 0.15) is 18.1 Å². The minimum Gasteiger partial charge on any atom is -0.481 e. The Hall–Kier alpha value is -3.62. The number of nitrogens with zero attached hydrogens (tertiary/aromatic N) is 5. The van der Waals surface area contributed by atoms with Gasteiger partial charge >= 0.3 is 5.97 Å². The Labute approximate surface area is 178 Å². The highest BCUT2D eigenvalue weighted by Gasteiger charge is 2.31. The summed E-state index contributed by atoms with van der Waals surface area (Å²) in [6, 6.07) is 5.27. The van der Waals surface area contributed by atoms with Crippen molar-refractivity contribution in [3.8, 4) is 11.1 Å². The molecule has 4 rings (SSSR count). The van der Waals surface area contributed by atoms with Crippen molar-refractivity contribution in [1.29, 1.82) is 0 Å². The zero-order chi connectivity index (χ0) is 22.1. The number of carboxylic acids is 1. The number of hydrogen-bond donors (Lipinski definition) is 1. The van der Waals surface area contributed by atoms with Gasteiger partial charge in [-0.2, -0.15) is 5.10 Å². The van der Waals surface area contributed by atoms with E-state index in [9.17, 15) is 14.4 Å². The van der Waals surface area contributed by atoms with Crippen molar-refractivity contribution in [3.05, 3.63) is 42.1 Å². The van der Waals surface area contributed by atoms with E-state index in [1.54, 1.807) is 17.3 Å². The van der Waals surface area contributed by atoms with E-state index >= 15 is 0 Å². The molecule has 1 aliphatic rings. The molecule has 0 radical (unpaired) electrons. The first-order valence-electron chi connectivity index (χ1n) is 10.2. The lowest BCUT2D eigenvalue weighted by Crippen LogP contribution is -2.39.